The third-order valence-electron chi connectivity index (χ3n) is 5.35. The van der Waals surface area contributed by atoms with Gasteiger partial charge in [-0.1, -0.05) is 12.1 Å². The molecule has 0 aliphatic carbocycles. The molecule has 0 saturated carbocycles. The molecule has 152 valence electrons. The van der Waals surface area contributed by atoms with Crippen LogP contribution >= 0.6 is 0 Å². The molecule has 2 heterocycles. The number of anilines is 2. The van der Waals surface area contributed by atoms with Crippen LogP contribution in [0.4, 0.5) is 11.4 Å². The SMILES string of the molecule is CCOC(=O)c1cc(C)cc2c1N1Cc3cc(C)cc(C(=O)OCC)c3N(C2)C1. The highest BCUT2D eigenvalue weighted by molar-refractivity contribution is 6.00. The van der Waals surface area contributed by atoms with E-state index < -0.39 is 0 Å². The Morgan fingerprint density at radius 3 is 1.59 bits per heavy atom. The van der Waals surface area contributed by atoms with Gasteiger partial charge in [0.1, 0.15) is 0 Å². The molecule has 0 N–H and O–H groups in total. The minimum absolute atomic E-state index is 0.289. The Balaban J connectivity index is 1.82. The molecule has 2 aromatic carbocycles. The van der Waals surface area contributed by atoms with Crippen LogP contribution in [0.15, 0.2) is 24.3 Å². The lowest BCUT2D eigenvalue weighted by atomic mass is 9.93. The summed E-state index contributed by atoms with van der Waals surface area (Å²) < 4.78 is 10.6. The molecule has 0 radical (unpaired) electrons. The fourth-order valence-electron chi connectivity index (χ4n) is 4.44. The van der Waals surface area contributed by atoms with Crippen molar-refractivity contribution in [3.8, 4) is 0 Å². The molecule has 0 atom stereocenters. The van der Waals surface area contributed by atoms with Crippen molar-refractivity contribution in [1.82, 2.24) is 0 Å². The molecule has 2 aliphatic heterocycles. The highest BCUT2D eigenvalue weighted by Crippen LogP contribution is 2.42. The van der Waals surface area contributed by atoms with E-state index in [4.69, 9.17) is 9.47 Å². The molecular weight excluding hydrogens is 368 g/mol. The molecule has 0 spiro atoms. The van der Waals surface area contributed by atoms with E-state index in [1.54, 1.807) is 0 Å². The minimum Gasteiger partial charge on any atom is -0.462 e. The molecule has 0 saturated heterocycles. The molecule has 0 amide bonds. The van der Waals surface area contributed by atoms with Crippen LogP contribution in [0, 0.1) is 13.8 Å². The van der Waals surface area contributed by atoms with Crippen LogP contribution < -0.4 is 9.80 Å². The van der Waals surface area contributed by atoms with Gasteiger partial charge in [0.2, 0.25) is 0 Å². The number of carbonyl (C=O) groups is 2. The lowest BCUT2D eigenvalue weighted by molar-refractivity contribution is 0.0518. The summed E-state index contributed by atoms with van der Waals surface area (Å²) in [6, 6.07) is 8.03. The van der Waals surface area contributed by atoms with Gasteiger partial charge in [0, 0.05) is 13.1 Å². The molecule has 6 heteroatoms. The maximum absolute atomic E-state index is 12.6. The summed E-state index contributed by atoms with van der Waals surface area (Å²) in [6.07, 6.45) is 0. The van der Waals surface area contributed by atoms with Crippen molar-refractivity contribution in [2.24, 2.45) is 0 Å². The first-order chi connectivity index (χ1) is 13.9. The second kappa shape index (κ2) is 7.43. The maximum Gasteiger partial charge on any atom is 0.340 e. The van der Waals surface area contributed by atoms with E-state index in [0.29, 0.717) is 44.1 Å². The zero-order valence-electron chi connectivity index (χ0n) is 17.4. The summed E-state index contributed by atoms with van der Waals surface area (Å²) >= 11 is 0. The van der Waals surface area contributed by atoms with Crippen LogP contribution in [-0.2, 0) is 22.6 Å². The van der Waals surface area contributed by atoms with Gasteiger partial charge in [0.05, 0.1) is 42.4 Å². The summed E-state index contributed by atoms with van der Waals surface area (Å²) in [6.45, 7) is 10.2. The lowest BCUT2D eigenvalue weighted by Crippen LogP contribution is -2.47. The van der Waals surface area contributed by atoms with Crippen molar-refractivity contribution in [1.29, 1.82) is 0 Å². The van der Waals surface area contributed by atoms with Crippen molar-refractivity contribution in [2.75, 3.05) is 29.7 Å². The van der Waals surface area contributed by atoms with E-state index in [-0.39, 0.29) is 11.9 Å². The molecule has 6 nitrogen and oxygen atoms in total. The first-order valence-corrected chi connectivity index (χ1v) is 10.0. The van der Waals surface area contributed by atoms with Crippen LogP contribution in [0.5, 0.6) is 0 Å². The predicted molar refractivity (Wildman–Crippen MR) is 112 cm³/mol. The third-order valence-corrected chi connectivity index (χ3v) is 5.35. The fraction of sp³-hybridized carbons (Fsp3) is 0.391. The number of esters is 2. The van der Waals surface area contributed by atoms with Gasteiger partial charge in [-0.2, -0.15) is 0 Å². The predicted octanol–water partition coefficient (Wildman–Crippen LogP) is 3.95. The number of nitrogens with zero attached hydrogens (tertiary/aromatic N) is 2. The molecule has 4 rings (SSSR count). The van der Waals surface area contributed by atoms with Crippen LogP contribution in [0.3, 0.4) is 0 Å². The van der Waals surface area contributed by atoms with Gasteiger partial charge in [-0.05, 0) is 62.1 Å². The largest absolute Gasteiger partial charge is 0.462 e. The molecule has 2 aliphatic rings. The van der Waals surface area contributed by atoms with Gasteiger partial charge in [-0.3, -0.25) is 0 Å². The number of hydrogen-bond acceptors (Lipinski definition) is 6. The molecule has 0 fully saturated rings. The van der Waals surface area contributed by atoms with E-state index >= 15 is 0 Å². The molecule has 2 aromatic rings. The summed E-state index contributed by atoms with van der Waals surface area (Å²) in [5.74, 6) is -0.577. The number of aryl methyl sites for hydroxylation is 2. The smallest absolute Gasteiger partial charge is 0.340 e. The fourth-order valence-corrected chi connectivity index (χ4v) is 4.44. The Morgan fingerprint density at radius 2 is 1.21 bits per heavy atom. The van der Waals surface area contributed by atoms with E-state index in [9.17, 15) is 9.59 Å². The third kappa shape index (κ3) is 3.33. The Bertz CT molecular complexity index is 919. The van der Waals surface area contributed by atoms with E-state index in [1.807, 2.05) is 39.8 Å². The topological polar surface area (TPSA) is 59.1 Å². The van der Waals surface area contributed by atoms with Gasteiger partial charge in [0.25, 0.3) is 0 Å². The van der Waals surface area contributed by atoms with Crippen molar-refractivity contribution >= 4 is 23.3 Å². The summed E-state index contributed by atoms with van der Waals surface area (Å²) in [5, 5.41) is 0. The molecule has 0 aromatic heterocycles. The molecule has 29 heavy (non-hydrogen) atoms. The average molecular weight is 394 g/mol. The van der Waals surface area contributed by atoms with E-state index in [2.05, 4.69) is 21.9 Å². The standard InChI is InChI=1S/C23H26N2O4/c1-5-28-22(26)18-9-14(3)7-16-11-25-13-24(20(16)18)12-17-8-15(4)10-19(21(17)25)23(27)29-6-2/h7-10H,5-6,11-13H2,1-4H3. The van der Waals surface area contributed by atoms with Crippen LogP contribution in [-0.4, -0.2) is 31.8 Å². The van der Waals surface area contributed by atoms with Gasteiger partial charge >= 0.3 is 11.9 Å². The number of hydrogen-bond donors (Lipinski definition) is 0. The number of carbonyl (C=O) groups excluding carboxylic acids is 2. The molecule has 2 bridgehead atoms. The Labute approximate surface area is 171 Å². The number of ether oxygens (including phenoxy) is 2. The second-order valence-corrected chi connectivity index (χ2v) is 7.62. The first kappa shape index (κ1) is 19.3. The summed E-state index contributed by atoms with van der Waals surface area (Å²) in [7, 11) is 0. The number of rotatable bonds is 4. The Kier molecular flexibility index (Phi) is 4.94. The molecular formula is C23H26N2O4. The highest BCUT2D eigenvalue weighted by atomic mass is 16.5. The zero-order valence-corrected chi connectivity index (χ0v) is 17.4. The van der Waals surface area contributed by atoms with Crippen molar-refractivity contribution in [3.05, 3.63) is 57.6 Å². The monoisotopic (exact) mass is 394 g/mol. The van der Waals surface area contributed by atoms with E-state index in [1.165, 1.54) is 0 Å². The van der Waals surface area contributed by atoms with Crippen LogP contribution in [0.1, 0.15) is 56.8 Å². The minimum atomic E-state index is -0.289. The zero-order chi connectivity index (χ0) is 20.7. The van der Waals surface area contributed by atoms with Crippen LogP contribution in [0.2, 0.25) is 0 Å². The maximum atomic E-state index is 12.6. The van der Waals surface area contributed by atoms with Gasteiger partial charge < -0.3 is 19.3 Å². The average Bonchev–Trinajstić information content (AvgIpc) is 2.66. The quantitative estimate of drug-likeness (QED) is 0.732. The van der Waals surface area contributed by atoms with Gasteiger partial charge in [-0.15, -0.1) is 0 Å². The van der Waals surface area contributed by atoms with Crippen molar-refractivity contribution < 1.29 is 19.1 Å². The number of benzene rings is 2. The highest BCUT2D eigenvalue weighted by Gasteiger charge is 2.35. The normalized spacial score (nSPS) is 14.2. The van der Waals surface area contributed by atoms with Crippen molar-refractivity contribution in [3.63, 3.8) is 0 Å². The summed E-state index contributed by atoms with van der Waals surface area (Å²) in [5.41, 5.74) is 7.28. The first-order valence-electron chi connectivity index (χ1n) is 10.0. The van der Waals surface area contributed by atoms with Gasteiger partial charge in [0.15, 0.2) is 0 Å². The van der Waals surface area contributed by atoms with Crippen LogP contribution in [0.25, 0.3) is 0 Å². The number of fused-ring (bicyclic) bond motifs is 6. The molecule has 0 unspecified atom stereocenters. The van der Waals surface area contributed by atoms with Crippen molar-refractivity contribution in [2.45, 2.75) is 40.8 Å². The van der Waals surface area contributed by atoms with Gasteiger partial charge in [-0.25, -0.2) is 9.59 Å². The van der Waals surface area contributed by atoms with E-state index in [0.717, 1.165) is 33.6 Å². The summed E-state index contributed by atoms with van der Waals surface area (Å²) in [4.78, 5) is 29.6. The second-order valence-electron chi connectivity index (χ2n) is 7.62. The Morgan fingerprint density at radius 1 is 0.793 bits per heavy atom. The Hall–Kier alpha value is -3.02. The lowest BCUT2D eigenvalue weighted by Gasteiger charge is -2.46.